The molecule has 0 aliphatic rings. The average molecular weight is 336 g/mol. The normalized spacial score (nSPS) is 10.7. The van der Waals surface area contributed by atoms with Crippen molar-refractivity contribution in [1.82, 2.24) is 10.3 Å². The van der Waals surface area contributed by atoms with Crippen LogP contribution in [0.3, 0.4) is 0 Å². The number of rotatable bonds is 4. The van der Waals surface area contributed by atoms with Gasteiger partial charge in [-0.05, 0) is 19.2 Å². The van der Waals surface area contributed by atoms with E-state index in [0.717, 1.165) is 0 Å². The van der Waals surface area contributed by atoms with Crippen LogP contribution in [0.25, 0.3) is 0 Å². The Hall–Kier alpha value is -1.07. The predicted molar refractivity (Wildman–Crippen MR) is 78.5 cm³/mol. The molecule has 1 aromatic heterocycles. The Morgan fingerprint density at radius 3 is 2.60 bits per heavy atom. The van der Waals surface area contributed by atoms with Gasteiger partial charge < -0.3 is 10.1 Å². The molecule has 0 bridgehead atoms. The largest absolute Gasteiger partial charge is 0.435 e. The third-order valence-corrected chi connectivity index (χ3v) is 3.50. The topological polar surface area (TPSA) is 34.2 Å². The van der Waals surface area contributed by atoms with E-state index in [1.165, 1.54) is 18.3 Å². The molecule has 0 fully saturated rings. The summed E-state index contributed by atoms with van der Waals surface area (Å²) in [5.41, 5.74) is 0.439. The number of benzene rings is 1. The molecule has 106 valence electrons. The summed E-state index contributed by atoms with van der Waals surface area (Å²) in [4.78, 5) is 3.85. The number of nitrogens with one attached hydrogen (secondary N) is 1. The predicted octanol–water partition coefficient (Wildman–Crippen LogP) is 4.69. The minimum atomic E-state index is -0.552. The third kappa shape index (κ3) is 3.33. The number of pyridine rings is 1. The van der Waals surface area contributed by atoms with Gasteiger partial charge in [0.25, 0.3) is 5.88 Å². The van der Waals surface area contributed by atoms with Crippen molar-refractivity contribution in [3.63, 3.8) is 0 Å². The number of hydrogen-bond donors (Lipinski definition) is 1. The first-order valence-corrected chi connectivity index (χ1v) is 6.76. The van der Waals surface area contributed by atoms with Gasteiger partial charge >= 0.3 is 0 Å². The fourth-order valence-electron chi connectivity index (χ4n) is 1.55. The Labute approximate surface area is 130 Å². The Balaban J connectivity index is 2.35. The second-order valence-electron chi connectivity index (χ2n) is 3.92. The van der Waals surface area contributed by atoms with Gasteiger partial charge in [0, 0.05) is 24.4 Å². The van der Waals surface area contributed by atoms with E-state index in [0.29, 0.717) is 17.1 Å². The van der Waals surface area contributed by atoms with Gasteiger partial charge in [0.2, 0.25) is 0 Å². The molecule has 0 saturated heterocycles. The summed E-state index contributed by atoms with van der Waals surface area (Å²) in [5, 5.41) is 3.63. The van der Waals surface area contributed by atoms with Gasteiger partial charge in [0.1, 0.15) is 5.75 Å². The van der Waals surface area contributed by atoms with E-state index >= 15 is 0 Å². The summed E-state index contributed by atoms with van der Waals surface area (Å²) < 4.78 is 19.5. The quantitative estimate of drug-likeness (QED) is 0.823. The second-order valence-corrected chi connectivity index (χ2v) is 5.14. The molecule has 1 N–H and O–H groups in total. The summed E-state index contributed by atoms with van der Waals surface area (Å²) in [6.07, 6.45) is 1.45. The van der Waals surface area contributed by atoms with Crippen molar-refractivity contribution in [2.24, 2.45) is 0 Å². The van der Waals surface area contributed by atoms with Gasteiger partial charge in [-0.15, -0.1) is 0 Å². The Kier molecular flexibility index (Phi) is 5.05. The van der Waals surface area contributed by atoms with Crippen LogP contribution < -0.4 is 10.1 Å². The number of aromatic nitrogens is 1. The van der Waals surface area contributed by atoms with E-state index in [9.17, 15) is 4.39 Å². The highest BCUT2D eigenvalue weighted by Crippen LogP contribution is 2.36. The SMILES string of the molecule is CNCc1ccnc(Oc2cc(Cl)c(Cl)cc2Cl)c1F. The average Bonchev–Trinajstić information content (AvgIpc) is 2.40. The van der Waals surface area contributed by atoms with Gasteiger partial charge in [-0.3, -0.25) is 0 Å². The monoisotopic (exact) mass is 334 g/mol. The summed E-state index contributed by atoms with van der Waals surface area (Å²) >= 11 is 17.7. The van der Waals surface area contributed by atoms with Crippen LogP contribution in [0.2, 0.25) is 15.1 Å². The minimum Gasteiger partial charge on any atom is -0.435 e. The first kappa shape index (κ1) is 15.3. The highest BCUT2D eigenvalue weighted by atomic mass is 35.5. The molecule has 0 unspecified atom stereocenters. The standard InChI is InChI=1S/C13H10Cl3FN2O/c1-18-6-7-2-3-19-13(12(7)17)20-11-5-9(15)8(14)4-10(11)16/h2-5,18H,6H2,1H3. The van der Waals surface area contributed by atoms with Gasteiger partial charge in [-0.1, -0.05) is 34.8 Å². The first-order valence-electron chi connectivity index (χ1n) is 5.63. The van der Waals surface area contributed by atoms with Gasteiger partial charge in [0.05, 0.1) is 15.1 Å². The molecule has 7 heteroatoms. The number of hydrogen-bond acceptors (Lipinski definition) is 3. The minimum absolute atomic E-state index is 0.168. The van der Waals surface area contributed by atoms with Crippen LogP contribution in [0.15, 0.2) is 24.4 Å². The van der Waals surface area contributed by atoms with E-state index in [1.807, 2.05) is 0 Å². The maximum atomic E-state index is 14.1. The van der Waals surface area contributed by atoms with Crippen LogP contribution in [0.4, 0.5) is 4.39 Å². The number of ether oxygens (including phenoxy) is 1. The summed E-state index contributed by atoms with van der Waals surface area (Å²) in [7, 11) is 1.72. The van der Waals surface area contributed by atoms with Crippen LogP contribution >= 0.6 is 34.8 Å². The van der Waals surface area contributed by atoms with Crippen molar-refractivity contribution in [2.75, 3.05) is 7.05 Å². The maximum Gasteiger partial charge on any atom is 0.256 e. The zero-order valence-corrected chi connectivity index (χ0v) is 12.7. The Morgan fingerprint density at radius 1 is 1.20 bits per heavy atom. The summed E-state index contributed by atoms with van der Waals surface area (Å²) in [6, 6.07) is 4.41. The molecule has 0 aliphatic heterocycles. The lowest BCUT2D eigenvalue weighted by atomic mass is 10.2. The Morgan fingerprint density at radius 2 is 1.90 bits per heavy atom. The molecule has 0 amide bonds. The van der Waals surface area contributed by atoms with Crippen LogP contribution in [0.1, 0.15) is 5.56 Å². The number of halogens is 4. The molecular formula is C13H10Cl3FN2O. The van der Waals surface area contributed by atoms with E-state index in [4.69, 9.17) is 39.5 Å². The van der Waals surface area contributed by atoms with Gasteiger partial charge in [-0.2, -0.15) is 0 Å². The molecule has 0 saturated carbocycles. The second kappa shape index (κ2) is 6.59. The fraction of sp³-hybridized carbons (Fsp3) is 0.154. The lowest BCUT2D eigenvalue weighted by Crippen LogP contribution is -2.08. The van der Waals surface area contributed by atoms with Crippen molar-refractivity contribution in [3.05, 3.63) is 50.8 Å². The number of nitrogens with zero attached hydrogens (tertiary/aromatic N) is 1. The molecule has 0 spiro atoms. The lowest BCUT2D eigenvalue weighted by Gasteiger charge is -2.10. The molecule has 2 rings (SSSR count). The lowest BCUT2D eigenvalue weighted by molar-refractivity contribution is 0.418. The van der Waals surface area contributed by atoms with E-state index in [1.54, 1.807) is 13.1 Å². The van der Waals surface area contributed by atoms with Crippen molar-refractivity contribution in [1.29, 1.82) is 0 Å². The van der Waals surface area contributed by atoms with Crippen molar-refractivity contribution < 1.29 is 9.13 Å². The molecule has 0 atom stereocenters. The fourth-order valence-corrected chi connectivity index (χ4v) is 2.12. The summed E-state index contributed by atoms with van der Waals surface area (Å²) in [5.74, 6) is -0.531. The van der Waals surface area contributed by atoms with Gasteiger partial charge in [-0.25, -0.2) is 9.37 Å². The van der Waals surface area contributed by atoms with E-state index in [-0.39, 0.29) is 21.7 Å². The maximum absolute atomic E-state index is 14.1. The zero-order chi connectivity index (χ0) is 14.7. The van der Waals surface area contributed by atoms with Crippen LogP contribution in [-0.4, -0.2) is 12.0 Å². The van der Waals surface area contributed by atoms with Crippen molar-refractivity contribution >= 4 is 34.8 Å². The van der Waals surface area contributed by atoms with Gasteiger partial charge in [0.15, 0.2) is 5.82 Å². The van der Waals surface area contributed by atoms with Crippen LogP contribution in [0, 0.1) is 5.82 Å². The third-order valence-electron chi connectivity index (χ3n) is 2.49. The van der Waals surface area contributed by atoms with E-state index in [2.05, 4.69) is 10.3 Å². The Bertz CT molecular complexity index is 637. The molecule has 1 heterocycles. The zero-order valence-electron chi connectivity index (χ0n) is 10.4. The molecule has 1 aromatic carbocycles. The first-order chi connectivity index (χ1) is 9.52. The van der Waals surface area contributed by atoms with Crippen LogP contribution in [0.5, 0.6) is 11.6 Å². The smallest absolute Gasteiger partial charge is 0.256 e. The molecule has 20 heavy (non-hydrogen) atoms. The summed E-state index contributed by atoms with van der Waals surface area (Å²) in [6.45, 7) is 0.361. The van der Waals surface area contributed by atoms with Crippen molar-refractivity contribution in [3.8, 4) is 11.6 Å². The molecule has 0 aliphatic carbocycles. The van der Waals surface area contributed by atoms with Crippen molar-refractivity contribution in [2.45, 2.75) is 6.54 Å². The molecule has 0 radical (unpaired) electrons. The highest BCUT2D eigenvalue weighted by Gasteiger charge is 2.14. The highest BCUT2D eigenvalue weighted by molar-refractivity contribution is 6.43. The molecule has 3 nitrogen and oxygen atoms in total. The van der Waals surface area contributed by atoms with E-state index < -0.39 is 5.82 Å². The molecule has 2 aromatic rings. The molecular weight excluding hydrogens is 326 g/mol. The van der Waals surface area contributed by atoms with Crippen LogP contribution in [-0.2, 0) is 6.54 Å².